The van der Waals surface area contributed by atoms with Gasteiger partial charge in [-0.2, -0.15) is 4.98 Å². The first-order chi connectivity index (χ1) is 19.0. The van der Waals surface area contributed by atoms with E-state index in [4.69, 9.17) is 15.2 Å². The molecule has 2 aliphatic heterocycles. The molecule has 0 aromatic carbocycles. The van der Waals surface area contributed by atoms with Crippen molar-refractivity contribution in [3.05, 3.63) is 22.7 Å². The number of aliphatic carboxylic acids is 1. The van der Waals surface area contributed by atoms with E-state index < -0.39 is 106 Å². The molecule has 0 bridgehead atoms. The second-order valence-electron chi connectivity index (χ2n) is 9.69. The molecule has 0 saturated carbocycles. The molecule has 2 aliphatic rings. The zero-order chi connectivity index (χ0) is 30.9. The molecule has 43 heavy (non-hydrogen) atoms. The van der Waals surface area contributed by atoms with Gasteiger partial charge in [-0.05, 0) is 6.07 Å². The van der Waals surface area contributed by atoms with Gasteiger partial charge in [0.25, 0.3) is 7.82 Å². The van der Waals surface area contributed by atoms with Gasteiger partial charge >= 0.3 is 64.8 Å². The zero-order valence-corrected chi connectivity index (χ0v) is 28.6. The Morgan fingerprint density at radius 2 is 1.95 bits per heavy atom. The van der Waals surface area contributed by atoms with Crippen molar-refractivity contribution in [3.63, 3.8) is 0 Å². The van der Waals surface area contributed by atoms with Crippen LogP contribution in [-0.4, -0.2) is 109 Å². The van der Waals surface area contributed by atoms with Crippen LogP contribution in [0.1, 0.15) is 26.5 Å². The second-order valence-corrected chi connectivity index (χ2v) is 11.0. The Morgan fingerprint density at radius 1 is 1.33 bits per heavy atom. The summed E-state index contributed by atoms with van der Waals surface area (Å²) in [6.45, 7) is 0.692. The van der Waals surface area contributed by atoms with Crippen LogP contribution in [0.3, 0.4) is 0 Å². The van der Waals surface area contributed by atoms with Crippen LogP contribution in [0.5, 0.6) is 0 Å². The molecule has 1 amide bonds. The SMILES string of the molecule is CC(=O)NC1C(O)CC(OP(=O)([O-])OCC2OC(n3ccc(N)nc3=O)C(O)C2O)(C(=O)[O-])OC1[C@H](O)[C@H](C)CO.[Na+].[Na+]. The quantitative estimate of drug-likeness (QED) is 0.0859. The third kappa shape index (κ3) is 9.49. The van der Waals surface area contributed by atoms with Crippen LogP contribution in [0, 0.1) is 5.92 Å². The van der Waals surface area contributed by atoms with Crippen LogP contribution in [0.4, 0.5) is 5.82 Å². The minimum absolute atomic E-state index is 0. The van der Waals surface area contributed by atoms with Crippen LogP contribution in [0.2, 0.25) is 0 Å². The maximum atomic E-state index is 12.7. The average Bonchev–Trinajstić information content (AvgIpc) is 3.16. The number of aliphatic hydroxyl groups excluding tert-OH is 5. The van der Waals surface area contributed by atoms with Crippen LogP contribution >= 0.6 is 7.82 Å². The van der Waals surface area contributed by atoms with Gasteiger partial charge < -0.3 is 65.4 Å². The van der Waals surface area contributed by atoms with E-state index in [1.54, 1.807) is 0 Å². The van der Waals surface area contributed by atoms with Gasteiger partial charge in [-0.3, -0.25) is 18.5 Å². The Bertz CT molecular complexity index is 1230. The zero-order valence-electron chi connectivity index (χ0n) is 23.7. The van der Waals surface area contributed by atoms with Crippen molar-refractivity contribution < 1.29 is 127 Å². The van der Waals surface area contributed by atoms with Crippen LogP contribution in [0.15, 0.2) is 17.1 Å². The van der Waals surface area contributed by atoms with E-state index in [2.05, 4.69) is 19.3 Å². The number of carbonyl (C=O) groups excluding carboxylic acids is 2. The molecule has 3 rings (SSSR count). The maximum absolute atomic E-state index is 12.7. The van der Waals surface area contributed by atoms with Gasteiger partial charge in [0.1, 0.15) is 36.2 Å². The van der Waals surface area contributed by atoms with Crippen molar-refractivity contribution in [1.82, 2.24) is 14.9 Å². The molecule has 232 valence electrons. The largest absolute Gasteiger partial charge is 1.00 e. The number of hydrogen-bond acceptors (Lipinski definition) is 17. The van der Waals surface area contributed by atoms with Crippen molar-refractivity contribution in [2.45, 2.75) is 74.9 Å². The van der Waals surface area contributed by atoms with E-state index in [9.17, 15) is 54.5 Å². The summed E-state index contributed by atoms with van der Waals surface area (Å²) < 4.78 is 33.5. The van der Waals surface area contributed by atoms with Crippen molar-refractivity contribution >= 4 is 25.5 Å². The number of aliphatic hydroxyl groups is 5. The fourth-order valence-electron chi connectivity index (χ4n) is 4.40. The van der Waals surface area contributed by atoms with Crippen molar-refractivity contribution in [3.8, 4) is 0 Å². The van der Waals surface area contributed by atoms with Gasteiger partial charge in [-0.15, -0.1) is 0 Å². The molecule has 3 heterocycles. The van der Waals surface area contributed by atoms with Gasteiger partial charge in [0.2, 0.25) is 11.7 Å². The molecule has 0 aliphatic carbocycles. The summed E-state index contributed by atoms with van der Waals surface area (Å²) in [5, 5.41) is 65.6. The van der Waals surface area contributed by atoms with Crippen molar-refractivity contribution in [2.75, 3.05) is 18.9 Å². The molecule has 8 N–H and O–H groups in total. The summed E-state index contributed by atoms with van der Waals surface area (Å²) in [5.74, 6) is -7.41. The molecule has 2 saturated heterocycles. The summed E-state index contributed by atoms with van der Waals surface area (Å²) in [4.78, 5) is 52.0. The number of carbonyl (C=O) groups is 2. The van der Waals surface area contributed by atoms with Gasteiger partial charge in [0.05, 0.1) is 24.9 Å². The predicted octanol–water partition coefficient (Wildman–Crippen LogP) is -12.0. The summed E-state index contributed by atoms with van der Waals surface area (Å²) in [7, 11) is -5.74. The van der Waals surface area contributed by atoms with Gasteiger partial charge in [-0.25, -0.2) is 4.79 Å². The number of carboxylic acid groups (broad SMARTS) is 1. The number of nitrogens with zero attached hydrogens (tertiary/aromatic N) is 2. The molecular weight excluding hydrogens is 625 g/mol. The number of rotatable bonds is 11. The number of anilines is 1. The van der Waals surface area contributed by atoms with Crippen LogP contribution < -0.4 is 85.9 Å². The Labute approximate surface area is 288 Å². The normalized spacial score (nSPS) is 33.3. The third-order valence-electron chi connectivity index (χ3n) is 6.58. The van der Waals surface area contributed by atoms with Crippen LogP contribution in [-0.2, 0) is 32.7 Å². The molecule has 22 heteroatoms. The number of nitrogens with one attached hydrogen (secondary N) is 1. The van der Waals surface area contributed by atoms with Crippen molar-refractivity contribution in [2.24, 2.45) is 5.92 Å². The minimum atomic E-state index is -5.74. The molecule has 0 radical (unpaired) electrons. The summed E-state index contributed by atoms with van der Waals surface area (Å²) in [6, 6.07) is -0.251. The number of amides is 1. The molecule has 2 fully saturated rings. The molecule has 11 atom stereocenters. The topological polar surface area (TPSA) is 308 Å². The standard InChI is InChI=1S/C21H33N4O15P.2Na/c1-8(6-26)14(29)17-13(23-9(2)27)10(28)5-21(39-17,19(32)33)40-41(35,36)37-7-11-15(30)16(31)18(38-11)25-4-3-12(22)24-20(25)34;;/h3-4,8,10-11,13-18,26,28-31H,5-7H2,1-2H3,(H,23,27)(H,32,33)(H,35,36)(H2,22,24,34);;/q;2*+1/p-2/t8-,10?,11?,13?,14-,15?,16?,17?,18?,21?;;/m1../s1. The first kappa shape index (κ1) is 40.5. The number of phosphoric ester groups is 1. The maximum Gasteiger partial charge on any atom is 1.00 e. The number of carboxylic acids is 1. The number of aromatic nitrogens is 2. The van der Waals surface area contributed by atoms with E-state index in [-0.39, 0.29) is 64.9 Å². The van der Waals surface area contributed by atoms with E-state index in [1.807, 2.05) is 0 Å². The molecule has 9 unspecified atom stereocenters. The molecule has 1 aromatic heterocycles. The monoisotopic (exact) mass is 656 g/mol. The fraction of sp³-hybridized carbons (Fsp3) is 0.714. The van der Waals surface area contributed by atoms with Crippen LogP contribution in [0.25, 0.3) is 0 Å². The van der Waals surface area contributed by atoms with Crippen molar-refractivity contribution in [1.29, 1.82) is 0 Å². The molecule has 1 aromatic rings. The van der Waals surface area contributed by atoms with Gasteiger partial charge in [0.15, 0.2) is 6.23 Å². The fourth-order valence-corrected chi connectivity index (χ4v) is 5.34. The van der Waals surface area contributed by atoms with E-state index >= 15 is 0 Å². The number of nitrogen functional groups attached to an aromatic ring is 1. The Kier molecular flexibility index (Phi) is 15.4. The Balaban J connectivity index is 0.00000462. The average molecular weight is 656 g/mol. The van der Waals surface area contributed by atoms with E-state index in [0.717, 1.165) is 17.7 Å². The summed E-state index contributed by atoms with van der Waals surface area (Å²) in [6.07, 6.45) is -12.1. The van der Waals surface area contributed by atoms with Gasteiger partial charge in [-0.1, -0.05) is 6.92 Å². The van der Waals surface area contributed by atoms with Gasteiger partial charge in [0, 0.05) is 32.1 Å². The Morgan fingerprint density at radius 3 is 2.49 bits per heavy atom. The summed E-state index contributed by atoms with van der Waals surface area (Å²) >= 11 is 0. The second kappa shape index (κ2) is 16.3. The first-order valence-corrected chi connectivity index (χ1v) is 13.6. The van der Waals surface area contributed by atoms with E-state index in [1.165, 1.54) is 13.0 Å². The first-order valence-electron chi connectivity index (χ1n) is 12.2. The molecular formula is C21H31N4Na2O15P. The smallest absolute Gasteiger partial charge is 0.756 e. The Hall–Kier alpha value is -0.550. The number of ether oxygens (including phenoxy) is 2. The predicted molar refractivity (Wildman–Crippen MR) is 127 cm³/mol. The van der Waals surface area contributed by atoms with E-state index in [0.29, 0.717) is 0 Å². The summed E-state index contributed by atoms with van der Waals surface area (Å²) in [5.41, 5.74) is 4.46. The third-order valence-corrected chi connectivity index (χ3v) is 7.56. The molecule has 0 spiro atoms. The number of phosphoric acid groups is 1. The molecule has 19 nitrogen and oxygen atoms in total. The number of nitrogens with two attached hydrogens (primary N) is 1. The number of hydrogen-bond donors (Lipinski definition) is 7. The minimum Gasteiger partial charge on any atom is -0.756 e.